The Hall–Kier alpha value is -1.11. The fourth-order valence-corrected chi connectivity index (χ4v) is 4.72. The molecule has 0 radical (unpaired) electrons. The second kappa shape index (κ2) is 6.34. The van der Waals surface area contributed by atoms with Gasteiger partial charge in [-0.1, -0.05) is 13.0 Å². The molecule has 0 saturated carbocycles. The largest absolute Gasteiger partial charge is 0.495 e. The first-order chi connectivity index (χ1) is 9.91. The Kier molecular flexibility index (Phi) is 4.91. The van der Waals surface area contributed by atoms with Crippen LogP contribution in [0.4, 0.5) is 0 Å². The summed E-state index contributed by atoms with van der Waals surface area (Å²) in [5, 5.41) is 0. The van der Waals surface area contributed by atoms with E-state index in [0.29, 0.717) is 24.8 Å². The Morgan fingerprint density at radius 3 is 2.71 bits per heavy atom. The molecule has 0 bridgehead atoms. The molecule has 0 amide bonds. The van der Waals surface area contributed by atoms with Gasteiger partial charge in [-0.05, 0) is 43.4 Å². The first kappa shape index (κ1) is 16.3. The smallest absolute Gasteiger partial charge is 0.247 e. The fourth-order valence-electron chi connectivity index (χ4n) is 2.82. The van der Waals surface area contributed by atoms with E-state index in [4.69, 9.17) is 10.5 Å². The Labute approximate surface area is 127 Å². The van der Waals surface area contributed by atoms with Gasteiger partial charge in [-0.3, -0.25) is 0 Å². The maximum atomic E-state index is 12.9. The minimum atomic E-state index is -3.54. The summed E-state index contributed by atoms with van der Waals surface area (Å²) in [6, 6.07) is 5.04. The lowest BCUT2D eigenvalue weighted by Crippen LogP contribution is -2.45. The van der Waals surface area contributed by atoms with Gasteiger partial charge in [0.05, 0.1) is 7.11 Å². The van der Waals surface area contributed by atoms with E-state index in [2.05, 4.69) is 6.92 Å². The molecule has 0 aliphatic carbocycles. The zero-order valence-corrected chi connectivity index (χ0v) is 13.7. The molecule has 0 aromatic heterocycles. The van der Waals surface area contributed by atoms with Crippen LogP contribution in [0.25, 0.3) is 0 Å². The summed E-state index contributed by atoms with van der Waals surface area (Å²) in [6.07, 6.45) is 1.96. The molecule has 2 atom stereocenters. The van der Waals surface area contributed by atoms with Crippen molar-refractivity contribution in [3.05, 3.63) is 23.8 Å². The van der Waals surface area contributed by atoms with Crippen LogP contribution in [0.1, 0.15) is 32.3 Å². The molecule has 0 spiro atoms. The maximum absolute atomic E-state index is 12.9. The third-order valence-electron chi connectivity index (χ3n) is 4.37. The number of ether oxygens (including phenoxy) is 1. The highest BCUT2D eigenvalue weighted by Crippen LogP contribution is 2.33. The fraction of sp³-hybridized carbons (Fsp3) is 0.600. The predicted octanol–water partition coefficient (Wildman–Crippen LogP) is 1.96. The van der Waals surface area contributed by atoms with Gasteiger partial charge in [0.15, 0.2) is 0 Å². The van der Waals surface area contributed by atoms with Crippen LogP contribution in [0, 0.1) is 5.92 Å². The van der Waals surface area contributed by atoms with Crippen LogP contribution in [0.15, 0.2) is 23.1 Å². The minimum Gasteiger partial charge on any atom is -0.495 e. The van der Waals surface area contributed by atoms with Gasteiger partial charge in [-0.2, -0.15) is 4.31 Å². The van der Waals surface area contributed by atoms with Gasteiger partial charge in [0.25, 0.3) is 0 Å². The average Bonchev–Trinajstić information content (AvgIpc) is 2.49. The van der Waals surface area contributed by atoms with Gasteiger partial charge in [-0.15, -0.1) is 0 Å². The van der Waals surface area contributed by atoms with Crippen molar-refractivity contribution >= 4 is 10.0 Å². The van der Waals surface area contributed by atoms with E-state index in [9.17, 15) is 8.42 Å². The third kappa shape index (κ3) is 3.07. The third-order valence-corrected chi connectivity index (χ3v) is 6.39. The van der Waals surface area contributed by atoms with Crippen LogP contribution >= 0.6 is 0 Å². The van der Waals surface area contributed by atoms with Crippen molar-refractivity contribution in [1.82, 2.24) is 4.31 Å². The van der Waals surface area contributed by atoms with E-state index in [1.807, 2.05) is 6.92 Å². The highest BCUT2D eigenvalue weighted by Gasteiger charge is 2.36. The summed E-state index contributed by atoms with van der Waals surface area (Å²) >= 11 is 0. The number of benzene rings is 1. The van der Waals surface area contributed by atoms with Gasteiger partial charge in [0.2, 0.25) is 10.0 Å². The second-order valence-electron chi connectivity index (χ2n) is 5.67. The van der Waals surface area contributed by atoms with Gasteiger partial charge in [0.1, 0.15) is 10.6 Å². The minimum absolute atomic E-state index is 0.00245. The number of piperidine rings is 1. The zero-order chi connectivity index (χ0) is 15.6. The molecular weight excluding hydrogens is 288 g/mol. The molecule has 2 N–H and O–H groups in total. The molecule has 118 valence electrons. The first-order valence-electron chi connectivity index (χ1n) is 7.30. The van der Waals surface area contributed by atoms with Crippen molar-refractivity contribution < 1.29 is 13.2 Å². The summed E-state index contributed by atoms with van der Waals surface area (Å²) in [5.74, 6) is 0.728. The van der Waals surface area contributed by atoms with Crippen molar-refractivity contribution in [1.29, 1.82) is 0 Å². The van der Waals surface area contributed by atoms with E-state index in [1.54, 1.807) is 22.5 Å². The Balaban J connectivity index is 2.44. The molecule has 5 nitrogen and oxygen atoms in total. The Morgan fingerprint density at radius 1 is 1.38 bits per heavy atom. The summed E-state index contributed by atoms with van der Waals surface area (Å²) in [7, 11) is -2.06. The molecule has 1 aliphatic rings. The van der Waals surface area contributed by atoms with E-state index in [1.165, 1.54) is 7.11 Å². The van der Waals surface area contributed by atoms with Gasteiger partial charge >= 0.3 is 0 Å². The van der Waals surface area contributed by atoms with Crippen LogP contribution in [0.2, 0.25) is 0 Å². The monoisotopic (exact) mass is 312 g/mol. The lowest BCUT2D eigenvalue weighted by atomic mass is 9.94. The average molecular weight is 312 g/mol. The van der Waals surface area contributed by atoms with E-state index < -0.39 is 10.0 Å². The number of sulfonamides is 1. The van der Waals surface area contributed by atoms with Gasteiger partial charge < -0.3 is 10.5 Å². The lowest BCUT2D eigenvalue weighted by molar-refractivity contribution is 0.202. The molecule has 1 aliphatic heterocycles. The summed E-state index contributed by atoms with van der Waals surface area (Å²) in [4.78, 5) is 0.225. The van der Waals surface area contributed by atoms with Crippen molar-refractivity contribution in [2.45, 2.75) is 44.2 Å². The van der Waals surface area contributed by atoms with Crippen LogP contribution in [-0.4, -0.2) is 32.4 Å². The molecular formula is C15H24N2O3S. The molecule has 1 saturated heterocycles. The number of rotatable bonds is 4. The highest BCUT2D eigenvalue weighted by molar-refractivity contribution is 7.89. The molecule has 21 heavy (non-hydrogen) atoms. The van der Waals surface area contributed by atoms with Gasteiger partial charge in [-0.25, -0.2) is 8.42 Å². The predicted molar refractivity (Wildman–Crippen MR) is 82.6 cm³/mol. The molecule has 1 aromatic rings. The van der Waals surface area contributed by atoms with E-state index in [-0.39, 0.29) is 10.9 Å². The summed E-state index contributed by atoms with van der Waals surface area (Å²) in [5.41, 5.74) is 6.45. The molecule has 1 fully saturated rings. The van der Waals surface area contributed by atoms with Crippen LogP contribution in [-0.2, 0) is 16.6 Å². The molecule has 2 rings (SSSR count). The zero-order valence-electron chi connectivity index (χ0n) is 12.9. The summed E-state index contributed by atoms with van der Waals surface area (Å²) in [6.45, 7) is 4.99. The maximum Gasteiger partial charge on any atom is 0.247 e. The molecule has 1 heterocycles. The normalized spacial score (nSPS) is 24.0. The van der Waals surface area contributed by atoms with E-state index in [0.717, 1.165) is 18.4 Å². The molecule has 1 aromatic carbocycles. The van der Waals surface area contributed by atoms with Crippen LogP contribution in [0.3, 0.4) is 0 Å². The lowest BCUT2D eigenvalue weighted by Gasteiger charge is -2.37. The van der Waals surface area contributed by atoms with Crippen molar-refractivity contribution in [3.63, 3.8) is 0 Å². The second-order valence-corrected chi connectivity index (χ2v) is 7.52. The van der Waals surface area contributed by atoms with Crippen molar-refractivity contribution in [3.8, 4) is 5.75 Å². The van der Waals surface area contributed by atoms with Crippen LogP contribution < -0.4 is 10.5 Å². The van der Waals surface area contributed by atoms with Crippen molar-refractivity contribution in [2.24, 2.45) is 11.7 Å². The van der Waals surface area contributed by atoms with Crippen LogP contribution in [0.5, 0.6) is 5.75 Å². The number of hydrogen-bond donors (Lipinski definition) is 1. The highest BCUT2D eigenvalue weighted by atomic mass is 32.2. The van der Waals surface area contributed by atoms with E-state index >= 15 is 0 Å². The molecule has 6 heteroatoms. The SMILES string of the molecule is COc1cc(CN)ccc1S(=O)(=O)N1CCCC(C)C1C. The first-order valence-corrected chi connectivity index (χ1v) is 8.74. The Morgan fingerprint density at radius 2 is 2.10 bits per heavy atom. The number of nitrogens with zero attached hydrogens (tertiary/aromatic N) is 1. The van der Waals surface area contributed by atoms with Gasteiger partial charge in [0, 0.05) is 19.1 Å². The van der Waals surface area contributed by atoms with Crippen molar-refractivity contribution in [2.75, 3.05) is 13.7 Å². The topological polar surface area (TPSA) is 72.6 Å². The quantitative estimate of drug-likeness (QED) is 0.922. The number of hydrogen-bond acceptors (Lipinski definition) is 4. The molecule has 2 unspecified atom stereocenters. The standard InChI is InChI=1S/C15H24N2O3S/c1-11-5-4-8-17(12(11)2)21(18,19)15-7-6-13(10-16)9-14(15)20-3/h6-7,9,11-12H,4-5,8,10,16H2,1-3H3. The Bertz CT molecular complexity index is 601. The number of nitrogens with two attached hydrogens (primary N) is 1. The summed E-state index contributed by atoms with van der Waals surface area (Å²) < 4.78 is 32.7. The number of methoxy groups -OCH3 is 1.